The van der Waals surface area contributed by atoms with E-state index in [9.17, 15) is 0 Å². The van der Waals surface area contributed by atoms with Gasteiger partial charge in [-0.15, -0.1) is 0 Å². The third kappa shape index (κ3) is 4.93. The van der Waals surface area contributed by atoms with Crippen LogP contribution in [0.3, 0.4) is 0 Å². The molecule has 5 atom stereocenters. The molecule has 0 N–H and O–H groups in total. The average Bonchev–Trinajstić information content (AvgIpc) is 3.35. The van der Waals surface area contributed by atoms with Crippen molar-refractivity contribution in [3.8, 4) is 0 Å². The van der Waals surface area contributed by atoms with Gasteiger partial charge in [-0.3, -0.25) is 0 Å². The van der Waals surface area contributed by atoms with Crippen molar-refractivity contribution in [2.75, 3.05) is 0 Å². The van der Waals surface area contributed by atoms with E-state index in [4.69, 9.17) is 25.5 Å². The van der Waals surface area contributed by atoms with E-state index in [1.165, 1.54) is 10.4 Å². The Morgan fingerprint density at radius 1 is 0.865 bits per heavy atom. The largest absolute Gasteiger partial charge is 0.402 e. The molecule has 196 valence electrons. The molecule has 5 rings (SSSR count). The molecule has 1 unspecified atom stereocenters. The van der Waals surface area contributed by atoms with Crippen molar-refractivity contribution >= 4 is 30.3 Å². The topological polar surface area (TPSA) is 27.7 Å². The van der Waals surface area contributed by atoms with Crippen LogP contribution in [-0.4, -0.2) is 32.4 Å². The highest BCUT2D eigenvalue weighted by molar-refractivity contribution is 6.99. The van der Waals surface area contributed by atoms with Crippen LogP contribution >= 0.6 is 11.6 Å². The molecule has 1 heterocycles. The van der Waals surface area contributed by atoms with E-state index in [-0.39, 0.29) is 17.2 Å². The second-order valence-corrected chi connectivity index (χ2v) is 16.4. The number of hydrogen-bond donors (Lipinski definition) is 0. The molecule has 2 fully saturated rings. The molecule has 0 bridgehead atoms. The Labute approximate surface area is 226 Å². The summed E-state index contributed by atoms with van der Waals surface area (Å²) in [6.07, 6.45) is -1.76. The number of rotatable bonds is 6. The maximum absolute atomic E-state index is 16.1. The minimum Gasteiger partial charge on any atom is -0.402 e. The van der Waals surface area contributed by atoms with Gasteiger partial charge in [0.05, 0.1) is 12.2 Å². The minimum atomic E-state index is -2.85. The molecule has 1 aliphatic carbocycles. The summed E-state index contributed by atoms with van der Waals surface area (Å²) in [6, 6.07) is 28.1. The van der Waals surface area contributed by atoms with Crippen molar-refractivity contribution in [1.29, 1.82) is 0 Å². The fourth-order valence-electron chi connectivity index (χ4n) is 6.19. The van der Waals surface area contributed by atoms with E-state index >= 15 is 4.39 Å². The fourth-order valence-corrected chi connectivity index (χ4v) is 11.0. The second kappa shape index (κ2) is 9.94. The first kappa shape index (κ1) is 26.6. The first-order chi connectivity index (χ1) is 17.5. The Hall–Kier alpha value is -2.02. The summed E-state index contributed by atoms with van der Waals surface area (Å²) in [6.45, 7) is 10.6. The number of halogens is 2. The molecule has 0 amide bonds. The lowest BCUT2D eigenvalue weighted by atomic mass is 9.93. The van der Waals surface area contributed by atoms with E-state index in [1.54, 1.807) is 24.3 Å². The van der Waals surface area contributed by atoms with Crippen LogP contribution in [0.5, 0.6) is 0 Å². The Kier molecular flexibility index (Phi) is 7.14. The van der Waals surface area contributed by atoms with Crippen LogP contribution < -0.4 is 10.4 Å². The van der Waals surface area contributed by atoms with Gasteiger partial charge >= 0.3 is 0 Å². The van der Waals surface area contributed by atoms with Crippen molar-refractivity contribution < 1.29 is 18.3 Å². The molecule has 0 spiro atoms. The normalized spacial score (nSPS) is 26.1. The van der Waals surface area contributed by atoms with E-state index in [0.29, 0.717) is 17.0 Å². The summed E-state index contributed by atoms with van der Waals surface area (Å²) in [4.78, 5) is 0. The number of fused-ring (bicyclic) bond motifs is 1. The maximum Gasteiger partial charge on any atom is 0.261 e. The zero-order valence-electron chi connectivity index (χ0n) is 22.2. The van der Waals surface area contributed by atoms with Crippen molar-refractivity contribution in [1.82, 2.24) is 0 Å². The van der Waals surface area contributed by atoms with E-state index in [2.05, 4.69) is 69.3 Å². The highest BCUT2D eigenvalue weighted by Crippen LogP contribution is 2.50. The van der Waals surface area contributed by atoms with Gasteiger partial charge < -0.3 is 13.9 Å². The van der Waals surface area contributed by atoms with Gasteiger partial charge in [-0.05, 0) is 53.4 Å². The van der Waals surface area contributed by atoms with Crippen molar-refractivity contribution in [3.63, 3.8) is 0 Å². The molecule has 0 radical (unpaired) electrons. The molecule has 2 aliphatic rings. The van der Waals surface area contributed by atoms with Crippen LogP contribution in [0.1, 0.15) is 52.8 Å². The summed E-state index contributed by atoms with van der Waals surface area (Å²) in [5, 5.41) is 2.79. The SMILES string of the molecule is CC1(C)O[C@@H]2[C@H](O1)[C@@H](C(F)c1ccc(Cl)cc1)C[C@@H]2O[Si](c1ccccc1)(c1ccccc1)C(C)(C)C. The first-order valence-electron chi connectivity index (χ1n) is 13.1. The molecular formula is C31H36ClFO3Si. The molecule has 6 heteroatoms. The van der Waals surface area contributed by atoms with Crippen molar-refractivity contribution in [2.24, 2.45) is 5.92 Å². The molecule has 3 aromatic rings. The molecule has 3 nitrogen and oxygen atoms in total. The van der Waals surface area contributed by atoms with E-state index in [0.717, 1.165) is 0 Å². The predicted molar refractivity (Wildman–Crippen MR) is 150 cm³/mol. The van der Waals surface area contributed by atoms with Crippen LogP contribution in [0.4, 0.5) is 4.39 Å². The van der Waals surface area contributed by atoms with Gasteiger partial charge in [0.25, 0.3) is 8.32 Å². The Morgan fingerprint density at radius 2 is 1.38 bits per heavy atom. The predicted octanol–water partition coefficient (Wildman–Crippen LogP) is 6.84. The van der Waals surface area contributed by atoms with Gasteiger partial charge in [-0.1, -0.05) is 105 Å². The lowest BCUT2D eigenvalue weighted by Crippen LogP contribution is -2.68. The number of hydrogen-bond acceptors (Lipinski definition) is 3. The van der Waals surface area contributed by atoms with Gasteiger partial charge in [-0.25, -0.2) is 4.39 Å². The first-order valence-corrected chi connectivity index (χ1v) is 15.3. The quantitative estimate of drug-likeness (QED) is 0.322. The Bertz CT molecular complexity index is 1160. The molecule has 1 saturated carbocycles. The second-order valence-electron chi connectivity index (χ2n) is 11.7. The van der Waals surface area contributed by atoms with Gasteiger partial charge in [0.15, 0.2) is 5.79 Å². The summed E-state index contributed by atoms with van der Waals surface area (Å²) in [5.74, 6) is -1.20. The minimum absolute atomic E-state index is 0.191. The van der Waals surface area contributed by atoms with E-state index in [1.807, 2.05) is 26.0 Å². The summed E-state index contributed by atoms with van der Waals surface area (Å²) >= 11 is 6.07. The Balaban J connectivity index is 1.57. The van der Waals surface area contributed by atoms with Crippen LogP contribution in [0.15, 0.2) is 84.9 Å². The monoisotopic (exact) mass is 538 g/mol. The van der Waals surface area contributed by atoms with Crippen molar-refractivity contribution in [2.45, 2.75) is 76.3 Å². The third-order valence-corrected chi connectivity index (χ3v) is 13.1. The number of benzene rings is 3. The average molecular weight is 539 g/mol. The zero-order chi connectivity index (χ0) is 26.4. The fraction of sp³-hybridized carbons (Fsp3) is 0.419. The van der Waals surface area contributed by atoms with Gasteiger partial charge in [0, 0.05) is 10.9 Å². The van der Waals surface area contributed by atoms with Gasteiger partial charge in [0.2, 0.25) is 0 Å². The number of alkyl halides is 1. The molecule has 3 aromatic carbocycles. The lowest BCUT2D eigenvalue weighted by molar-refractivity contribution is -0.168. The number of ether oxygens (including phenoxy) is 2. The summed E-state index contributed by atoms with van der Waals surface area (Å²) < 4.78 is 36.3. The van der Waals surface area contributed by atoms with E-state index < -0.39 is 32.3 Å². The standard InChI is InChI=1S/C31H36ClFO3Si/c1-30(2,3)37(23-12-8-6-9-13-23,24-14-10-7-11-15-24)36-26-20-25(28-29(26)35-31(4,5)34-28)27(33)21-16-18-22(32)19-17-21/h6-19,25-29H,20H2,1-5H3/t25-,26+,27?,28-,29+/m1/s1. The zero-order valence-corrected chi connectivity index (χ0v) is 23.9. The molecule has 1 aliphatic heterocycles. The molecular weight excluding hydrogens is 503 g/mol. The van der Waals surface area contributed by atoms with Gasteiger partial charge in [-0.2, -0.15) is 0 Å². The third-order valence-electron chi connectivity index (χ3n) is 7.77. The van der Waals surface area contributed by atoms with Crippen LogP contribution in [0, 0.1) is 5.92 Å². The van der Waals surface area contributed by atoms with Crippen LogP contribution in [0.2, 0.25) is 10.1 Å². The van der Waals surface area contributed by atoms with Crippen LogP contribution in [0.25, 0.3) is 0 Å². The molecule has 1 saturated heterocycles. The molecule has 0 aromatic heterocycles. The lowest BCUT2D eigenvalue weighted by Gasteiger charge is -2.45. The Morgan fingerprint density at radius 3 is 1.89 bits per heavy atom. The molecule has 37 heavy (non-hydrogen) atoms. The maximum atomic E-state index is 16.1. The summed E-state index contributed by atoms with van der Waals surface area (Å²) in [7, 11) is -2.85. The van der Waals surface area contributed by atoms with Crippen LogP contribution in [-0.2, 0) is 13.9 Å². The van der Waals surface area contributed by atoms with Gasteiger partial charge in [0.1, 0.15) is 12.3 Å². The highest BCUT2D eigenvalue weighted by Gasteiger charge is 2.60. The summed E-state index contributed by atoms with van der Waals surface area (Å²) in [5.41, 5.74) is 0.604. The highest BCUT2D eigenvalue weighted by atomic mass is 35.5. The smallest absolute Gasteiger partial charge is 0.261 e. The van der Waals surface area contributed by atoms with Crippen molar-refractivity contribution in [3.05, 3.63) is 95.5 Å².